The maximum atomic E-state index is 12.2. The zero-order valence-electron chi connectivity index (χ0n) is 7.30. The third-order valence-electron chi connectivity index (χ3n) is 1.64. The maximum Gasteiger partial charge on any atom is 0.416 e. The fraction of sp³-hybridized carbons (Fsp3) is 0.222. The minimum Gasteiger partial charge on any atom is -0.859 e. The van der Waals surface area contributed by atoms with Crippen LogP contribution in [-0.4, -0.2) is 12.9 Å². The summed E-state index contributed by atoms with van der Waals surface area (Å²) in [5.41, 5.74) is -0.894. The molecule has 0 unspecified atom stereocenters. The van der Waals surface area contributed by atoms with Crippen LogP contribution in [0.15, 0.2) is 29.3 Å². The van der Waals surface area contributed by atoms with Crippen LogP contribution in [0.2, 0.25) is 0 Å². The van der Waals surface area contributed by atoms with Crippen LogP contribution < -0.4 is 5.11 Å². The molecule has 2 nitrogen and oxygen atoms in total. The molecule has 0 aliphatic carbocycles. The van der Waals surface area contributed by atoms with E-state index in [9.17, 15) is 18.3 Å². The molecule has 0 bridgehead atoms. The van der Waals surface area contributed by atoms with Crippen molar-refractivity contribution in [3.63, 3.8) is 0 Å². The van der Waals surface area contributed by atoms with E-state index in [0.29, 0.717) is 0 Å². The lowest BCUT2D eigenvalue weighted by molar-refractivity contribution is -0.213. The van der Waals surface area contributed by atoms with Gasteiger partial charge in [0.05, 0.1) is 5.56 Å². The summed E-state index contributed by atoms with van der Waals surface area (Å²) in [6, 6.07) is 4.17. The first-order valence-corrected chi connectivity index (χ1v) is 3.76. The van der Waals surface area contributed by atoms with E-state index in [4.69, 9.17) is 0 Å². The monoisotopic (exact) mass is 202 g/mol. The topological polar surface area (TPSA) is 35.4 Å². The first kappa shape index (κ1) is 10.6. The Labute approximate surface area is 78.7 Å². The second-order valence-corrected chi connectivity index (χ2v) is 2.61. The van der Waals surface area contributed by atoms with E-state index in [1.54, 1.807) is 0 Å². The molecule has 0 heterocycles. The van der Waals surface area contributed by atoms with Gasteiger partial charge in [0.2, 0.25) is 0 Å². The molecule has 0 saturated carbocycles. The van der Waals surface area contributed by atoms with Crippen molar-refractivity contribution < 1.29 is 18.3 Å². The predicted octanol–water partition coefficient (Wildman–Crippen LogP) is 1.44. The summed E-state index contributed by atoms with van der Waals surface area (Å²) < 4.78 is 36.6. The van der Waals surface area contributed by atoms with Crippen molar-refractivity contribution in [3.8, 4) is 0 Å². The van der Waals surface area contributed by atoms with E-state index >= 15 is 0 Å². The fourth-order valence-electron chi connectivity index (χ4n) is 0.958. The lowest BCUT2D eigenvalue weighted by Crippen LogP contribution is -2.19. The third-order valence-corrected chi connectivity index (χ3v) is 1.64. The van der Waals surface area contributed by atoms with E-state index in [1.807, 2.05) is 0 Å². The van der Waals surface area contributed by atoms with Gasteiger partial charge in [0.25, 0.3) is 0 Å². The molecule has 1 aromatic rings. The van der Waals surface area contributed by atoms with Gasteiger partial charge in [0.1, 0.15) is 0 Å². The number of hydrogen-bond acceptors (Lipinski definition) is 2. The lowest BCUT2D eigenvalue weighted by Gasteiger charge is -2.12. The van der Waals surface area contributed by atoms with Crippen LogP contribution in [-0.2, 0) is 6.18 Å². The molecule has 0 N–H and O–H groups in total. The molecule has 0 aliphatic rings. The van der Waals surface area contributed by atoms with Gasteiger partial charge >= 0.3 is 6.18 Å². The van der Waals surface area contributed by atoms with Crippen molar-refractivity contribution >= 4 is 5.90 Å². The zero-order chi connectivity index (χ0) is 10.8. The Hall–Kier alpha value is -1.52. The van der Waals surface area contributed by atoms with Gasteiger partial charge < -0.3 is 10.1 Å². The highest BCUT2D eigenvalue weighted by atomic mass is 19.4. The smallest absolute Gasteiger partial charge is 0.416 e. The van der Waals surface area contributed by atoms with Crippen molar-refractivity contribution in [2.45, 2.75) is 6.18 Å². The fourth-order valence-corrected chi connectivity index (χ4v) is 0.958. The number of halogens is 3. The first-order valence-electron chi connectivity index (χ1n) is 3.76. The highest BCUT2D eigenvalue weighted by Crippen LogP contribution is 2.29. The molecule has 0 aromatic heterocycles. The molecule has 0 fully saturated rings. The summed E-state index contributed by atoms with van der Waals surface area (Å²) in [6.45, 7) is 0. The molecule has 0 amide bonds. The molecule has 0 spiro atoms. The van der Waals surface area contributed by atoms with Gasteiger partial charge in [0.15, 0.2) is 0 Å². The van der Waals surface area contributed by atoms with Crippen molar-refractivity contribution in [2.75, 3.05) is 7.05 Å². The molecule has 0 saturated heterocycles. The summed E-state index contributed by atoms with van der Waals surface area (Å²) in [4.78, 5) is 3.28. The molecule has 1 aromatic carbocycles. The Bertz CT molecular complexity index is 357. The Kier molecular flexibility index (Phi) is 2.78. The molecule has 76 valence electrons. The number of nitrogens with zero attached hydrogens (tertiary/aromatic N) is 1. The largest absolute Gasteiger partial charge is 0.859 e. The Balaban J connectivity index is 3.14. The van der Waals surface area contributed by atoms with Crippen LogP contribution in [0.5, 0.6) is 0 Å². The van der Waals surface area contributed by atoms with Gasteiger partial charge in [0, 0.05) is 7.05 Å². The highest BCUT2D eigenvalue weighted by molar-refractivity contribution is 5.90. The van der Waals surface area contributed by atoms with Crippen LogP contribution in [0.1, 0.15) is 11.1 Å². The SMILES string of the molecule is CN=C([O-])c1cccc(C(F)(F)F)c1. The van der Waals surface area contributed by atoms with Crippen LogP contribution in [0.4, 0.5) is 13.2 Å². The van der Waals surface area contributed by atoms with Gasteiger partial charge in [-0.15, -0.1) is 0 Å². The summed E-state index contributed by atoms with van der Waals surface area (Å²) >= 11 is 0. The quantitative estimate of drug-likeness (QED) is 0.501. The minimum absolute atomic E-state index is 0.0534. The molecule has 0 aliphatic heterocycles. The molecule has 0 radical (unpaired) electrons. The van der Waals surface area contributed by atoms with Gasteiger partial charge in [-0.2, -0.15) is 13.2 Å². The van der Waals surface area contributed by atoms with E-state index in [1.165, 1.54) is 19.2 Å². The second-order valence-electron chi connectivity index (χ2n) is 2.61. The number of rotatable bonds is 1. The average Bonchev–Trinajstić information content (AvgIpc) is 2.15. The number of alkyl halides is 3. The molecular formula is C9H7F3NO-. The highest BCUT2D eigenvalue weighted by Gasteiger charge is 2.30. The molecular weight excluding hydrogens is 195 g/mol. The molecule has 0 atom stereocenters. The minimum atomic E-state index is -4.43. The standard InChI is InChI=1S/C9H8F3NO/c1-13-8(14)6-3-2-4-7(5-6)9(10,11)12/h2-5H,1H3,(H,13,14)/p-1. The number of aliphatic imine (C=N–C) groups is 1. The third kappa shape index (κ3) is 2.25. The summed E-state index contributed by atoms with van der Waals surface area (Å²) in [5.74, 6) is -0.656. The van der Waals surface area contributed by atoms with Crippen molar-refractivity contribution in [1.82, 2.24) is 0 Å². The van der Waals surface area contributed by atoms with Crippen LogP contribution in [0.3, 0.4) is 0 Å². The van der Waals surface area contributed by atoms with E-state index in [2.05, 4.69) is 4.99 Å². The van der Waals surface area contributed by atoms with Gasteiger partial charge in [-0.1, -0.05) is 12.1 Å². The van der Waals surface area contributed by atoms with Gasteiger partial charge in [-0.3, -0.25) is 0 Å². The van der Waals surface area contributed by atoms with E-state index < -0.39 is 17.6 Å². The number of hydrogen-bond donors (Lipinski definition) is 0. The average molecular weight is 202 g/mol. The summed E-state index contributed by atoms with van der Waals surface area (Å²) in [6.07, 6.45) is -4.43. The second kappa shape index (κ2) is 3.69. The normalized spacial score (nSPS) is 13.0. The van der Waals surface area contributed by atoms with Crippen molar-refractivity contribution in [1.29, 1.82) is 0 Å². The Morgan fingerprint density at radius 1 is 1.36 bits per heavy atom. The van der Waals surface area contributed by atoms with Gasteiger partial charge in [-0.25, -0.2) is 0 Å². The Morgan fingerprint density at radius 3 is 2.50 bits per heavy atom. The van der Waals surface area contributed by atoms with Crippen molar-refractivity contribution in [3.05, 3.63) is 35.4 Å². The summed E-state index contributed by atoms with van der Waals surface area (Å²) in [5, 5.41) is 11.0. The van der Waals surface area contributed by atoms with E-state index in [-0.39, 0.29) is 5.56 Å². The zero-order valence-corrected chi connectivity index (χ0v) is 7.30. The molecule has 14 heavy (non-hydrogen) atoms. The van der Waals surface area contributed by atoms with Crippen LogP contribution >= 0.6 is 0 Å². The van der Waals surface area contributed by atoms with Crippen LogP contribution in [0, 0.1) is 0 Å². The van der Waals surface area contributed by atoms with Gasteiger partial charge in [-0.05, 0) is 23.6 Å². The predicted molar refractivity (Wildman–Crippen MR) is 43.9 cm³/mol. The number of benzene rings is 1. The molecule has 1 rings (SSSR count). The maximum absolute atomic E-state index is 12.2. The van der Waals surface area contributed by atoms with Crippen LogP contribution in [0.25, 0.3) is 0 Å². The molecule has 5 heteroatoms. The first-order chi connectivity index (χ1) is 6.45. The van der Waals surface area contributed by atoms with Crippen molar-refractivity contribution in [2.24, 2.45) is 4.99 Å². The summed E-state index contributed by atoms with van der Waals surface area (Å²) in [7, 11) is 1.24. The van der Waals surface area contributed by atoms with E-state index in [0.717, 1.165) is 12.1 Å². The lowest BCUT2D eigenvalue weighted by atomic mass is 10.1. The Morgan fingerprint density at radius 2 is 2.00 bits per heavy atom.